The highest BCUT2D eigenvalue weighted by atomic mass is 28.3. The fourth-order valence-corrected chi connectivity index (χ4v) is 19.4. The summed E-state index contributed by atoms with van der Waals surface area (Å²) in [5, 5.41) is 14.4. The van der Waals surface area contributed by atoms with Gasteiger partial charge >= 0.3 is 0 Å². The van der Waals surface area contributed by atoms with E-state index in [1.54, 1.807) is 0 Å². The summed E-state index contributed by atoms with van der Waals surface area (Å²) < 4.78 is 9.32. The van der Waals surface area contributed by atoms with Crippen molar-refractivity contribution in [2.75, 3.05) is 0 Å². The molecular formula is C81H53N7Si. The third kappa shape index (κ3) is 7.80. The Kier molecular flexibility index (Phi) is 11.5. The van der Waals surface area contributed by atoms with Crippen molar-refractivity contribution in [1.82, 2.24) is 33.2 Å². The third-order valence-electron chi connectivity index (χ3n) is 18.3. The van der Waals surface area contributed by atoms with Crippen LogP contribution >= 0.6 is 0 Å². The van der Waals surface area contributed by atoms with Crippen LogP contribution in [-0.2, 0) is 0 Å². The van der Waals surface area contributed by atoms with Gasteiger partial charge in [0.15, 0.2) is 13.9 Å². The highest BCUT2D eigenvalue weighted by Crippen LogP contribution is 2.39. The van der Waals surface area contributed by atoms with Gasteiger partial charge in [-0.25, -0.2) is 15.0 Å². The van der Waals surface area contributed by atoms with E-state index in [1.807, 2.05) is 0 Å². The van der Waals surface area contributed by atoms with Gasteiger partial charge in [0.2, 0.25) is 0 Å². The molecule has 0 aliphatic rings. The van der Waals surface area contributed by atoms with E-state index >= 15 is 0 Å². The summed E-state index contributed by atoms with van der Waals surface area (Å²) >= 11 is 0. The second-order valence-corrected chi connectivity index (χ2v) is 26.9. The minimum atomic E-state index is -3.28. The molecule has 0 spiro atoms. The number of hydrogen-bond donors (Lipinski definition) is 0. The van der Waals surface area contributed by atoms with Gasteiger partial charge < -0.3 is 0 Å². The number of aromatic nitrogens is 7. The van der Waals surface area contributed by atoms with Crippen LogP contribution in [0.3, 0.4) is 0 Å². The van der Waals surface area contributed by atoms with Gasteiger partial charge in [-0.2, -0.15) is 0 Å². The molecule has 18 rings (SSSR count). The monoisotopic (exact) mass is 1150 g/mol. The van der Waals surface area contributed by atoms with Gasteiger partial charge in [-0.05, 0) is 92.5 Å². The number of benzene rings is 12. The van der Waals surface area contributed by atoms with Crippen LogP contribution in [0, 0.1) is 0 Å². The number of nitrogens with zero attached hydrogens (tertiary/aromatic N) is 7. The normalized spacial score (nSPS) is 12.0. The van der Waals surface area contributed by atoms with E-state index in [-0.39, 0.29) is 0 Å². The Morgan fingerprint density at radius 1 is 0.191 bits per heavy atom. The third-order valence-corrected chi connectivity index (χ3v) is 23.1. The standard InChI is InChI=1S/C81H53N7Si/c1-3-27-57(28-4-1)89(58-29-5-2-6-30-58,59-31-23-25-54(49-59)56-51-77(85-69-41-15-7-33-61(69)62-34-8-16-42-70(62)85)82-78(52-56)86-71-43-17-9-35-63(71)64-36-10-18-44-72(64)86)60-32-24-26-55(50-60)81-83-79(87-73-45-19-11-37-65(73)66-38-12-20-46-74(66)87)53-80(84-81)88-75-47-21-13-39-67(75)68-40-14-22-48-76(68)88/h1-53H. The molecule has 6 aromatic heterocycles. The fraction of sp³-hybridized carbons (Fsp3) is 0. The molecule has 0 amide bonds. The number of rotatable bonds is 10. The van der Waals surface area contributed by atoms with E-state index in [0.29, 0.717) is 5.82 Å². The van der Waals surface area contributed by atoms with Crippen LogP contribution in [0.5, 0.6) is 0 Å². The Hall–Kier alpha value is -11.7. The first-order valence-electron chi connectivity index (χ1n) is 30.3. The molecule has 0 bridgehead atoms. The molecule has 6 heterocycles. The highest BCUT2D eigenvalue weighted by molar-refractivity contribution is 7.20. The van der Waals surface area contributed by atoms with Crippen LogP contribution in [0.15, 0.2) is 322 Å². The highest BCUT2D eigenvalue weighted by Gasteiger charge is 2.42. The average molecular weight is 1150 g/mol. The molecule has 7 nitrogen and oxygen atoms in total. The lowest BCUT2D eigenvalue weighted by Crippen LogP contribution is -2.74. The van der Waals surface area contributed by atoms with Gasteiger partial charge in [-0.1, -0.05) is 255 Å². The quantitative estimate of drug-likeness (QED) is 0.101. The van der Waals surface area contributed by atoms with Crippen molar-refractivity contribution in [3.63, 3.8) is 0 Å². The molecule has 8 heteroatoms. The first-order valence-corrected chi connectivity index (χ1v) is 32.3. The Morgan fingerprint density at radius 2 is 0.449 bits per heavy atom. The van der Waals surface area contributed by atoms with Crippen molar-refractivity contribution in [3.05, 3.63) is 322 Å². The molecule has 0 atom stereocenters. The smallest absolute Gasteiger partial charge is 0.179 e. The molecule has 89 heavy (non-hydrogen) atoms. The van der Waals surface area contributed by atoms with Gasteiger partial charge in [-0.15, -0.1) is 0 Å². The number of para-hydroxylation sites is 8. The molecule has 18 aromatic rings. The van der Waals surface area contributed by atoms with Crippen molar-refractivity contribution in [3.8, 4) is 45.8 Å². The molecule has 0 saturated heterocycles. The van der Waals surface area contributed by atoms with E-state index in [0.717, 1.165) is 84.1 Å². The van der Waals surface area contributed by atoms with Crippen LogP contribution in [-0.4, -0.2) is 41.3 Å². The summed E-state index contributed by atoms with van der Waals surface area (Å²) in [7, 11) is -3.28. The summed E-state index contributed by atoms with van der Waals surface area (Å²) in [5.74, 6) is 3.89. The zero-order chi connectivity index (χ0) is 58.6. The maximum atomic E-state index is 5.72. The van der Waals surface area contributed by atoms with Crippen LogP contribution in [0.2, 0.25) is 0 Å². The van der Waals surface area contributed by atoms with Crippen molar-refractivity contribution in [1.29, 1.82) is 0 Å². The summed E-state index contributed by atoms with van der Waals surface area (Å²) in [5.41, 5.74) is 11.8. The van der Waals surface area contributed by atoms with Crippen LogP contribution in [0.1, 0.15) is 0 Å². The molecule has 416 valence electrons. The van der Waals surface area contributed by atoms with E-state index in [4.69, 9.17) is 15.0 Å². The topological polar surface area (TPSA) is 58.4 Å². The molecule has 12 aromatic carbocycles. The van der Waals surface area contributed by atoms with Gasteiger partial charge in [0.1, 0.15) is 23.3 Å². The van der Waals surface area contributed by atoms with E-state index in [2.05, 4.69) is 340 Å². The second kappa shape index (κ2) is 20.2. The molecular weight excluding hydrogens is 1100 g/mol. The van der Waals surface area contributed by atoms with E-state index < -0.39 is 8.07 Å². The molecule has 0 radical (unpaired) electrons. The molecule has 0 fully saturated rings. The minimum absolute atomic E-state index is 0.632. The van der Waals surface area contributed by atoms with Crippen LogP contribution in [0.4, 0.5) is 0 Å². The first-order chi connectivity index (χ1) is 44.2. The van der Waals surface area contributed by atoms with Crippen molar-refractivity contribution < 1.29 is 0 Å². The Labute approximate surface area is 513 Å². The summed E-state index contributed by atoms with van der Waals surface area (Å²) in [4.78, 5) is 17.1. The summed E-state index contributed by atoms with van der Waals surface area (Å²) in [6, 6.07) is 117. The number of fused-ring (bicyclic) bond motifs is 12. The lowest BCUT2D eigenvalue weighted by Gasteiger charge is -2.35. The first kappa shape index (κ1) is 50.6. The minimum Gasteiger partial charge on any atom is -0.294 e. The van der Waals surface area contributed by atoms with E-state index in [1.165, 1.54) is 63.8 Å². The number of hydrogen-bond acceptors (Lipinski definition) is 3. The summed E-state index contributed by atoms with van der Waals surface area (Å²) in [6.07, 6.45) is 0. The van der Waals surface area contributed by atoms with Gasteiger partial charge in [0.05, 0.1) is 44.1 Å². The van der Waals surface area contributed by atoms with Crippen molar-refractivity contribution in [2.45, 2.75) is 0 Å². The Balaban J connectivity index is 0.885. The second-order valence-electron chi connectivity index (χ2n) is 23.1. The van der Waals surface area contributed by atoms with Crippen LogP contribution < -0.4 is 20.7 Å². The Bertz CT molecular complexity index is 5000. The van der Waals surface area contributed by atoms with Gasteiger partial charge in [0.25, 0.3) is 0 Å². The largest absolute Gasteiger partial charge is 0.294 e. The summed E-state index contributed by atoms with van der Waals surface area (Å²) in [6.45, 7) is 0. The van der Waals surface area contributed by atoms with Crippen molar-refractivity contribution >= 4 is 116 Å². The SMILES string of the molecule is c1ccc([Si](c2ccccc2)(c2cccc(-c3cc(-n4c5ccccc5c5ccccc54)nc(-n4c5ccccc5c5ccccc54)c3)c2)c2cccc(-c3nc(-n4c5ccccc5c5ccccc54)cc(-n4c5ccccc5c5ccccc54)n3)c2)cc1. The predicted molar refractivity (Wildman–Crippen MR) is 372 cm³/mol. The lowest BCUT2D eigenvalue weighted by molar-refractivity contribution is 0.994. The zero-order valence-corrected chi connectivity index (χ0v) is 49.2. The van der Waals surface area contributed by atoms with Gasteiger partial charge in [-0.3, -0.25) is 18.3 Å². The lowest BCUT2D eigenvalue weighted by atomic mass is 10.1. The average Bonchev–Trinajstić information content (AvgIpc) is 1.86. The molecule has 0 aliphatic heterocycles. The maximum Gasteiger partial charge on any atom is 0.179 e. The molecule has 0 unspecified atom stereocenters. The number of pyridine rings is 1. The van der Waals surface area contributed by atoms with Crippen LogP contribution in [0.25, 0.3) is 133 Å². The Morgan fingerprint density at radius 3 is 0.775 bits per heavy atom. The zero-order valence-electron chi connectivity index (χ0n) is 48.2. The molecule has 0 saturated carbocycles. The van der Waals surface area contributed by atoms with Crippen molar-refractivity contribution in [2.24, 2.45) is 0 Å². The molecule has 0 aliphatic carbocycles. The maximum absolute atomic E-state index is 5.72. The van der Waals surface area contributed by atoms with E-state index in [9.17, 15) is 0 Å². The predicted octanol–water partition coefficient (Wildman–Crippen LogP) is 17.0. The van der Waals surface area contributed by atoms with Gasteiger partial charge in [0, 0.05) is 54.7 Å². The fourth-order valence-electron chi connectivity index (χ4n) is 14.6. The molecule has 0 N–H and O–H groups in total.